The normalized spacial score (nSPS) is 13.6. The Bertz CT molecular complexity index is 608. The van der Waals surface area contributed by atoms with Gasteiger partial charge in [-0.1, -0.05) is 12.1 Å². The summed E-state index contributed by atoms with van der Waals surface area (Å²) in [6.45, 7) is 0.940. The minimum absolute atomic E-state index is 0.254. The van der Waals surface area contributed by atoms with E-state index in [2.05, 4.69) is 15.5 Å². The van der Waals surface area contributed by atoms with Crippen molar-refractivity contribution in [3.63, 3.8) is 0 Å². The SMILES string of the molecule is O=C(O)Cn1nnnc1-c1ccc2c(c1)COC2. The second kappa shape index (κ2) is 4.19. The Morgan fingerprint density at radius 1 is 1.39 bits per heavy atom. The first-order chi connectivity index (χ1) is 8.74. The van der Waals surface area contributed by atoms with E-state index in [0.717, 1.165) is 16.7 Å². The first-order valence-corrected chi connectivity index (χ1v) is 5.42. The van der Waals surface area contributed by atoms with Crippen molar-refractivity contribution in [2.75, 3.05) is 0 Å². The van der Waals surface area contributed by atoms with Crippen molar-refractivity contribution in [1.29, 1.82) is 0 Å². The average molecular weight is 246 g/mol. The Labute approximate surface area is 102 Å². The Balaban J connectivity index is 1.99. The molecule has 1 aliphatic heterocycles. The number of tetrazole rings is 1. The highest BCUT2D eigenvalue weighted by Crippen LogP contribution is 2.25. The lowest BCUT2D eigenvalue weighted by Crippen LogP contribution is -2.11. The predicted molar refractivity (Wildman–Crippen MR) is 59.4 cm³/mol. The summed E-state index contributed by atoms with van der Waals surface area (Å²) in [7, 11) is 0. The van der Waals surface area contributed by atoms with Gasteiger partial charge in [0, 0.05) is 5.56 Å². The van der Waals surface area contributed by atoms with Crippen molar-refractivity contribution >= 4 is 5.97 Å². The maximum atomic E-state index is 10.7. The number of aliphatic carboxylic acids is 1. The van der Waals surface area contributed by atoms with Crippen LogP contribution >= 0.6 is 0 Å². The van der Waals surface area contributed by atoms with E-state index in [-0.39, 0.29) is 6.54 Å². The Morgan fingerprint density at radius 3 is 3.06 bits per heavy atom. The van der Waals surface area contributed by atoms with Crippen LogP contribution in [0.15, 0.2) is 18.2 Å². The van der Waals surface area contributed by atoms with Gasteiger partial charge in [-0.25, -0.2) is 4.68 Å². The molecular weight excluding hydrogens is 236 g/mol. The number of carboxylic acid groups (broad SMARTS) is 1. The maximum Gasteiger partial charge on any atom is 0.325 e. The molecule has 0 saturated heterocycles. The molecule has 0 amide bonds. The Hall–Kier alpha value is -2.28. The van der Waals surface area contributed by atoms with Gasteiger partial charge in [-0.15, -0.1) is 5.10 Å². The molecule has 92 valence electrons. The number of nitrogens with zero attached hydrogens (tertiary/aromatic N) is 4. The summed E-state index contributed by atoms with van der Waals surface area (Å²) in [4.78, 5) is 10.7. The molecule has 3 rings (SSSR count). The number of ether oxygens (including phenoxy) is 1. The van der Waals surface area contributed by atoms with Crippen LogP contribution in [0.3, 0.4) is 0 Å². The molecule has 0 fully saturated rings. The molecule has 7 heteroatoms. The first kappa shape index (κ1) is 10.8. The van der Waals surface area contributed by atoms with Gasteiger partial charge in [0.2, 0.25) is 0 Å². The zero-order valence-electron chi connectivity index (χ0n) is 9.41. The molecule has 7 nitrogen and oxygen atoms in total. The van der Waals surface area contributed by atoms with Gasteiger partial charge in [0.05, 0.1) is 13.2 Å². The number of fused-ring (bicyclic) bond motifs is 1. The summed E-state index contributed by atoms with van der Waals surface area (Å²) >= 11 is 0. The molecule has 18 heavy (non-hydrogen) atoms. The monoisotopic (exact) mass is 246 g/mol. The highest BCUT2D eigenvalue weighted by atomic mass is 16.5. The van der Waals surface area contributed by atoms with E-state index in [1.54, 1.807) is 0 Å². The molecule has 1 N–H and O–H groups in total. The highest BCUT2D eigenvalue weighted by molar-refractivity contribution is 5.68. The Morgan fingerprint density at radius 2 is 2.22 bits per heavy atom. The van der Waals surface area contributed by atoms with E-state index in [9.17, 15) is 4.79 Å². The topological polar surface area (TPSA) is 90.1 Å². The molecule has 0 saturated carbocycles. The van der Waals surface area contributed by atoms with Gasteiger partial charge in [0.15, 0.2) is 5.82 Å². The molecule has 0 atom stereocenters. The van der Waals surface area contributed by atoms with Crippen molar-refractivity contribution in [2.45, 2.75) is 19.8 Å². The van der Waals surface area contributed by atoms with Crippen molar-refractivity contribution < 1.29 is 14.6 Å². The lowest BCUT2D eigenvalue weighted by Gasteiger charge is -2.03. The zero-order valence-corrected chi connectivity index (χ0v) is 9.41. The summed E-state index contributed by atoms with van der Waals surface area (Å²) in [5.41, 5.74) is 3.04. The van der Waals surface area contributed by atoms with Crippen molar-refractivity contribution in [1.82, 2.24) is 20.2 Å². The van der Waals surface area contributed by atoms with E-state index in [0.29, 0.717) is 19.0 Å². The van der Waals surface area contributed by atoms with Gasteiger partial charge in [-0.2, -0.15) is 0 Å². The van der Waals surface area contributed by atoms with Gasteiger partial charge < -0.3 is 9.84 Å². The van der Waals surface area contributed by atoms with Crippen LogP contribution in [-0.2, 0) is 29.3 Å². The Kier molecular flexibility index (Phi) is 2.52. The first-order valence-electron chi connectivity index (χ1n) is 5.42. The minimum Gasteiger partial charge on any atom is -0.480 e. The van der Waals surface area contributed by atoms with Crippen molar-refractivity contribution in [3.8, 4) is 11.4 Å². The second-order valence-electron chi connectivity index (χ2n) is 4.03. The molecule has 0 aliphatic carbocycles. The van der Waals surface area contributed by atoms with E-state index in [1.165, 1.54) is 4.68 Å². The summed E-state index contributed by atoms with van der Waals surface area (Å²) in [6, 6.07) is 5.77. The van der Waals surface area contributed by atoms with Crippen LogP contribution in [-0.4, -0.2) is 31.3 Å². The minimum atomic E-state index is -0.979. The van der Waals surface area contributed by atoms with Crippen LogP contribution in [0.1, 0.15) is 11.1 Å². The molecule has 0 unspecified atom stereocenters. The van der Waals surface area contributed by atoms with Crippen LogP contribution in [0.4, 0.5) is 0 Å². The molecule has 2 aromatic rings. The van der Waals surface area contributed by atoms with Gasteiger partial charge >= 0.3 is 5.97 Å². The lowest BCUT2D eigenvalue weighted by atomic mass is 10.1. The third-order valence-electron chi connectivity index (χ3n) is 2.80. The largest absolute Gasteiger partial charge is 0.480 e. The fourth-order valence-electron chi connectivity index (χ4n) is 1.96. The number of carbonyl (C=O) groups is 1. The van der Waals surface area contributed by atoms with Crippen LogP contribution in [0.25, 0.3) is 11.4 Å². The van der Waals surface area contributed by atoms with E-state index in [1.807, 2.05) is 18.2 Å². The van der Waals surface area contributed by atoms with Crippen LogP contribution in [0.2, 0.25) is 0 Å². The lowest BCUT2D eigenvalue weighted by molar-refractivity contribution is -0.137. The zero-order chi connectivity index (χ0) is 12.5. The molecule has 1 aromatic carbocycles. The predicted octanol–water partition coefficient (Wildman–Crippen LogP) is 0.455. The van der Waals surface area contributed by atoms with E-state index < -0.39 is 5.97 Å². The number of benzene rings is 1. The summed E-state index contributed by atoms with van der Waals surface area (Å²) < 4.78 is 6.59. The number of hydrogen-bond donors (Lipinski definition) is 1. The molecule has 0 radical (unpaired) electrons. The fourth-order valence-corrected chi connectivity index (χ4v) is 1.96. The number of rotatable bonds is 3. The van der Waals surface area contributed by atoms with Crippen LogP contribution in [0.5, 0.6) is 0 Å². The van der Waals surface area contributed by atoms with Crippen LogP contribution in [0, 0.1) is 0 Å². The van der Waals surface area contributed by atoms with Crippen molar-refractivity contribution in [2.24, 2.45) is 0 Å². The van der Waals surface area contributed by atoms with Gasteiger partial charge in [-0.05, 0) is 27.6 Å². The molecule has 1 aliphatic rings. The quantitative estimate of drug-likeness (QED) is 0.845. The standard InChI is InChI=1S/C11H10N4O3/c16-10(17)4-15-11(12-13-14-15)7-1-2-8-5-18-6-9(8)3-7/h1-3H,4-6H2,(H,16,17). The summed E-state index contributed by atoms with van der Waals surface area (Å²) in [5.74, 6) is -0.528. The van der Waals surface area contributed by atoms with E-state index >= 15 is 0 Å². The summed E-state index contributed by atoms with van der Waals surface area (Å²) in [5, 5.41) is 19.8. The third kappa shape index (κ3) is 1.84. The second-order valence-corrected chi connectivity index (χ2v) is 4.03. The van der Waals surface area contributed by atoms with E-state index in [4.69, 9.17) is 9.84 Å². The van der Waals surface area contributed by atoms with Gasteiger partial charge in [0.25, 0.3) is 0 Å². The smallest absolute Gasteiger partial charge is 0.325 e. The van der Waals surface area contributed by atoms with Gasteiger partial charge in [-0.3, -0.25) is 4.79 Å². The number of carboxylic acids is 1. The number of aromatic nitrogens is 4. The molecule has 0 bridgehead atoms. The molecule has 1 aromatic heterocycles. The average Bonchev–Trinajstić information content (AvgIpc) is 2.95. The van der Waals surface area contributed by atoms with Crippen LogP contribution < -0.4 is 0 Å². The fraction of sp³-hybridized carbons (Fsp3) is 0.273. The van der Waals surface area contributed by atoms with Crippen molar-refractivity contribution in [3.05, 3.63) is 29.3 Å². The maximum absolute atomic E-state index is 10.7. The molecule has 0 spiro atoms. The van der Waals surface area contributed by atoms with Gasteiger partial charge in [0.1, 0.15) is 6.54 Å². The highest BCUT2D eigenvalue weighted by Gasteiger charge is 2.16. The third-order valence-corrected chi connectivity index (χ3v) is 2.80. The number of hydrogen-bond acceptors (Lipinski definition) is 5. The molecular formula is C11H10N4O3. The summed E-state index contributed by atoms with van der Waals surface area (Å²) in [6.07, 6.45) is 0. The molecule has 2 heterocycles.